The van der Waals surface area contributed by atoms with E-state index in [1.807, 2.05) is 0 Å². The lowest BCUT2D eigenvalue weighted by Crippen LogP contribution is -2.42. The standard InChI is InChI=1S/C22H32N4O.HI/c1-2-23-22(26-14-18-19(15-26)21-8-7-20(18)27-21)24-10-12-25-11-9-16-5-3-4-6-17(16)13-25;/h3-6,18-21H,2,7-15H2,1H3,(H,23,24);1H. The summed E-state index contributed by atoms with van der Waals surface area (Å²) in [4.78, 5) is 10.0. The molecule has 0 radical (unpaired) electrons. The number of nitrogens with one attached hydrogen (secondary N) is 1. The molecule has 6 heteroatoms. The largest absolute Gasteiger partial charge is 0.374 e. The zero-order valence-corrected chi connectivity index (χ0v) is 19.2. The number of aliphatic imine (C=N–C) groups is 1. The van der Waals surface area contributed by atoms with Gasteiger partial charge in [0.1, 0.15) is 0 Å². The molecule has 3 saturated heterocycles. The van der Waals surface area contributed by atoms with Crippen LogP contribution in [-0.2, 0) is 17.7 Å². The molecule has 2 bridgehead atoms. The Morgan fingerprint density at radius 3 is 2.57 bits per heavy atom. The van der Waals surface area contributed by atoms with Crippen LogP contribution in [-0.4, -0.2) is 67.2 Å². The predicted octanol–water partition coefficient (Wildman–Crippen LogP) is 2.74. The van der Waals surface area contributed by atoms with Gasteiger partial charge in [0.2, 0.25) is 0 Å². The van der Waals surface area contributed by atoms with Gasteiger partial charge in [0.15, 0.2) is 5.96 Å². The van der Waals surface area contributed by atoms with Gasteiger partial charge in [0.05, 0.1) is 18.8 Å². The summed E-state index contributed by atoms with van der Waals surface area (Å²) in [6.45, 7) is 9.47. The van der Waals surface area contributed by atoms with Crippen LogP contribution in [0.1, 0.15) is 30.9 Å². The van der Waals surface area contributed by atoms with E-state index in [4.69, 9.17) is 9.73 Å². The Balaban J connectivity index is 0.00000192. The normalized spacial score (nSPS) is 31.5. The van der Waals surface area contributed by atoms with Gasteiger partial charge in [-0.05, 0) is 37.3 Å². The van der Waals surface area contributed by atoms with Crippen LogP contribution in [0.15, 0.2) is 29.3 Å². The molecule has 1 N–H and O–H groups in total. The van der Waals surface area contributed by atoms with Crippen molar-refractivity contribution in [1.82, 2.24) is 15.1 Å². The Morgan fingerprint density at radius 1 is 1.14 bits per heavy atom. The number of ether oxygens (including phenoxy) is 1. The van der Waals surface area contributed by atoms with Crippen molar-refractivity contribution in [3.05, 3.63) is 35.4 Å². The topological polar surface area (TPSA) is 40.1 Å². The molecule has 28 heavy (non-hydrogen) atoms. The number of hydrogen-bond acceptors (Lipinski definition) is 3. The first-order valence-corrected chi connectivity index (χ1v) is 10.8. The van der Waals surface area contributed by atoms with Crippen molar-refractivity contribution < 1.29 is 4.74 Å². The number of fused-ring (bicyclic) bond motifs is 6. The molecule has 1 aromatic carbocycles. The molecule has 4 heterocycles. The van der Waals surface area contributed by atoms with Crippen LogP contribution >= 0.6 is 24.0 Å². The Morgan fingerprint density at radius 2 is 1.86 bits per heavy atom. The third kappa shape index (κ3) is 3.92. The quantitative estimate of drug-likeness (QED) is 0.396. The Kier molecular flexibility index (Phi) is 6.47. The van der Waals surface area contributed by atoms with Gasteiger partial charge in [-0.3, -0.25) is 9.89 Å². The Labute approximate surface area is 185 Å². The van der Waals surface area contributed by atoms with Gasteiger partial charge < -0.3 is 15.0 Å². The average molecular weight is 496 g/mol. The molecule has 154 valence electrons. The number of likely N-dealkylation sites (tertiary alicyclic amines) is 1. The zero-order chi connectivity index (χ0) is 18.2. The van der Waals surface area contributed by atoms with Gasteiger partial charge in [0.25, 0.3) is 0 Å². The minimum absolute atomic E-state index is 0. The van der Waals surface area contributed by atoms with E-state index >= 15 is 0 Å². The van der Waals surface area contributed by atoms with Gasteiger partial charge in [0, 0.05) is 51.1 Å². The maximum Gasteiger partial charge on any atom is 0.193 e. The fraction of sp³-hybridized carbons (Fsp3) is 0.682. The minimum atomic E-state index is 0. The molecule has 5 rings (SSSR count). The van der Waals surface area contributed by atoms with E-state index in [1.165, 1.54) is 24.0 Å². The first kappa shape index (κ1) is 20.4. The van der Waals surface area contributed by atoms with Crippen molar-refractivity contribution in [1.29, 1.82) is 0 Å². The maximum absolute atomic E-state index is 6.12. The molecule has 4 unspecified atom stereocenters. The number of benzene rings is 1. The van der Waals surface area contributed by atoms with Crippen LogP contribution in [0.25, 0.3) is 0 Å². The summed E-state index contributed by atoms with van der Waals surface area (Å²) >= 11 is 0. The lowest BCUT2D eigenvalue weighted by atomic mass is 9.82. The van der Waals surface area contributed by atoms with E-state index in [0.717, 1.165) is 70.0 Å². The SMILES string of the molecule is CCNC(=NCCN1CCc2ccccc2C1)N1CC2C3CCC(O3)C2C1.I. The van der Waals surface area contributed by atoms with E-state index in [0.29, 0.717) is 12.2 Å². The van der Waals surface area contributed by atoms with Crippen molar-refractivity contribution in [2.24, 2.45) is 16.8 Å². The van der Waals surface area contributed by atoms with E-state index in [1.54, 1.807) is 0 Å². The smallest absolute Gasteiger partial charge is 0.193 e. The average Bonchev–Trinajstić information content (AvgIpc) is 3.40. The minimum Gasteiger partial charge on any atom is -0.374 e. The zero-order valence-electron chi connectivity index (χ0n) is 16.8. The maximum atomic E-state index is 6.12. The molecular weight excluding hydrogens is 463 g/mol. The van der Waals surface area contributed by atoms with Crippen molar-refractivity contribution in [3.63, 3.8) is 0 Å². The van der Waals surface area contributed by atoms with Crippen LogP contribution in [0.2, 0.25) is 0 Å². The second-order valence-electron chi connectivity index (χ2n) is 8.55. The summed E-state index contributed by atoms with van der Waals surface area (Å²) in [6.07, 6.45) is 4.73. The van der Waals surface area contributed by atoms with Crippen molar-refractivity contribution >= 4 is 29.9 Å². The summed E-state index contributed by atoms with van der Waals surface area (Å²) in [5.41, 5.74) is 3.01. The fourth-order valence-electron chi connectivity index (χ4n) is 5.60. The Bertz CT molecular complexity index is 694. The Hall–Kier alpha value is -0.860. The summed E-state index contributed by atoms with van der Waals surface area (Å²) in [7, 11) is 0. The van der Waals surface area contributed by atoms with E-state index in [2.05, 4.69) is 46.3 Å². The molecule has 0 spiro atoms. The van der Waals surface area contributed by atoms with E-state index < -0.39 is 0 Å². The van der Waals surface area contributed by atoms with Gasteiger partial charge >= 0.3 is 0 Å². The van der Waals surface area contributed by atoms with Gasteiger partial charge in [-0.25, -0.2) is 0 Å². The predicted molar refractivity (Wildman–Crippen MR) is 123 cm³/mol. The molecule has 0 aliphatic carbocycles. The lowest BCUT2D eigenvalue weighted by Gasteiger charge is -2.28. The molecule has 0 aromatic heterocycles. The highest BCUT2D eigenvalue weighted by Gasteiger charge is 2.53. The molecule has 4 atom stereocenters. The van der Waals surface area contributed by atoms with Crippen molar-refractivity contribution in [2.45, 2.75) is 44.9 Å². The monoisotopic (exact) mass is 496 g/mol. The van der Waals surface area contributed by atoms with Crippen LogP contribution in [0.3, 0.4) is 0 Å². The molecule has 3 fully saturated rings. The third-order valence-corrected chi connectivity index (χ3v) is 6.97. The third-order valence-electron chi connectivity index (χ3n) is 6.97. The van der Waals surface area contributed by atoms with Crippen molar-refractivity contribution in [3.8, 4) is 0 Å². The second-order valence-corrected chi connectivity index (χ2v) is 8.55. The highest BCUT2D eigenvalue weighted by atomic mass is 127. The first-order chi connectivity index (χ1) is 13.3. The van der Waals surface area contributed by atoms with Crippen LogP contribution in [0, 0.1) is 11.8 Å². The number of halogens is 1. The molecule has 4 aliphatic rings. The van der Waals surface area contributed by atoms with Gasteiger partial charge in [-0.2, -0.15) is 0 Å². The summed E-state index contributed by atoms with van der Waals surface area (Å²) < 4.78 is 6.12. The van der Waals surface area contributed by atoms with E-state index in [-0.39, 0.29) is 24.0 Å². The van der Waals surface area contributed by atoms with Crippen LogP contribution < -0.4 is 5.32 Å². The number of nitrogens with zero attached hydrogens (tertiary/aromatic N) is 3. The van der Waals surface area contributed by atoms with Gasteiger partial charge in [-0.1, -0.05) is 24.3 Å². The van der Waals surface area contributed by atoms with Crippen LogP contribution in [0.4, 0.5) is 0 Å². The molecule has 0 amide bonds. The summed E-state index contributed by atoms with van der Waals surface area (Å²) in [5.74, 6) is 2.57. The highest BCUT2D eigenvalue weighted by molar-refractivity contribution is 14.0. The highest BCUT2D eigenvalue weighted by Crippen LogP contribution is 2.47. The molecule has 0 saturated carbocycles. The summed E-state index contributed by atoms with van der Waals surface area (Å²) in [5, 5.41) is 3.53. The fourth-order valence-corrected chi connectivity index (χ4v) is 5.60. The molecule has 5 nitrogen and oxygen atoms in total. The molecule has 4 aliphatic heterocycles. The first-order valence-electron chi connectivity index (χ1n) is 10.8. The van der Waals surface area contributed by atoms with E-state index in [9.17, 15) is 0 Å². The van der Waals surface area contributed by atoms with Gasteiger partial charge in [-0.15, -0.1) is 24.0 Å². The number of rotatable bonds is 4. The summed E-state index contributed by atoms with van der Waals surface area (Å²) in [6, 6.07) is 8.86. The van der Waals surface area contributed by atoms with Crippen LogP contribution in [0.5, 0.6) is 0 Å². The number of guanidine groups is 1. The lowest BCUT2D eigenvalue weighted by molar-refractivity contribution is 0.0767. The van der Waals surface area contributed by atoms with Crippen molar-refractivity contribution in [2.75, 3.05) is 39.3 Å². The molecule has 1 aromatic rings. The second kappa shape index (κ2) is 8.88. The number of hydrogen-bond donors (Lipinski definition) is 1. The molecular formula is C22H33IN4O.